The lowest BCUT2D eigenvalue weighted by Gasteiger charge is -2.07. The fraction of sp³-hybridized carbons (Fsp3) is 0.364. The molecule has 0 radical (unpaired) electrons. The number of fused-ring (bicyclic) bond motifs is 1. The second-order valence-electron chi connectivity index (χ2n) is 6.78. The number of para-hydroxylation sites is 2. The minimum absolute atomic E-state index is 0.309. The second-order valence-corrected chi connectivity index (χ2v) is 6.78. The lowest BCUT2D eigenvalue weighted by atomic mass is 10.2. The van der Waals surface area contributed by atoms with Crippen LogP contribution in [0.5, 0.6) is 0 Å². The van der Waals surface area contributed by atoms with Crippen LogP contribution in [-0.4, -0.2) is 29.2 Å². The summed E-state index contributed by atoms with van der Waals surface area (Å²) in [6.07, 6.45) is 3.94. The Labute approximate surface area is 165 Å². The van der Waals surface area contributed by atoms with E-state index < -0.39 is 0 Å². The zero-order chi connectivity index (χ0) is 19.4. The normalized spacial score (nSPS) is 10.9. The number of imidazole rings is 1. The van der Waals surface area contributed by atoms with Gasteiger partial charge < -0.3 is 20.4 Å². The zero-order valence-electron chi connectivity index (χ0n) is 16.1. The number of nitrogens with one attached hydrogen (secondary N) is 3. The molecule has 3 N–H and O–H groups in total. The Bertz CT molecular complexity index is 815. The molecule has 148 valence electrons. The molecule has 3 rings (SSSR count). The van der Waals surface area contributed by atoms with Crippen molar-refractivity contribution in [1.29, 1.82) is 0 Å². The van der Waals surface area contributed by atoms with Crippen molar-refractivity contribution in [2.24, 2.45) is 0 Å². The van der Waals surface area contributed by atoms with E-state index in [1.54, 1.807) is 0 Å². The van der Waals surface area contributed by atoms with Crippen LogP contribution in [0.2, 0.25) is 0 Å². The highest BCUT2D eigenvalue weighted by atomic mass is 16.5. The van der Waals surface area contributed by atoms with Crippen LogP contribution < -0.4 is 10.6 Å². The van der Waals surface area contributed by atoms with Crippen LogP contribution in [-0.2, 0) is 17.9 Å². The molecule has 3 aromatic rings. The number of aromatic nitrogens is 2. The molecule has 28 heavy (non-hydrogen) atoms. The number of nitrogens with zero attached hydrogens (tertiary/aromatic N) is 1. The smallest absolute Gasteiger partial charge is 0.407 e. The number of rotatable bonds is 11. The van der Waals surface area contributed by atoms with Gasteiger partial charge in [-0.25, -0.2) is 9.78 Å². The second kappa shape index (κ2) is 11.1. The first-order chi connectivity index (χ1) is 13.8. The molecule has 1 heterocycles. The van der Waals surface area contributed by atoms with Gasteiger partial charge in [0.15, 0.2) is 0 Å². The van der Waals surface area contributed by atoms with E-state index in [0.717, 1.165) is 61.2 Å². The summed E-state index contributed by atoms with van der Waals surface area (Å²) in [7, 11) is 0. The maximum absolute atomic E-state index is 11.6. The number of H-pyrrole nitrogens is 1. The molecule has 0 spiro atoms. The molecule has 1 aromatic heterocycles. The van der Waals surface area contributed by atoms with E-state index in [9.17, 15) is 4.79 Å². The van der Waals surface area contributed by atoms with E-state index in [-0.39, 0.29) is 6.09 Å². The van der Waals surface area contributed by atoms with Gasteiger partial charge in [-0.15, -0.1) is 0 Å². The maximum atomic E-state index is 11.6. The molecule has 6 nitrogen and oxygen atoms in total. The van der Waals surface area contributed by atoms with Crippen molar-refractivity contribution < 1.29 is 9.53 Å². The SMILES string of the molecule is O=C(NCCCCCCNCc1nc2ccccc2[nH]1)OCc1ccccc1. The number of hydrogen-bond acceptors (Lipinski definition) is 4. The summed E-state index contributed by atoms with van der Waals surface area (Å²) in [5, 5.41) is 6.22. The number of hydrogen-bond donors (Lipinski definition) is 3. The molecule has 6 heteroatoms. The molecular formula is C22H28N4O2. The lowest BCUT2D eigenvalue weighted by Crippen LogP contribution is -2.25. The number of unbranched alkanes of at least 4 members (excludes halogenated alkanes) is 3. The van der Waals surface area contributed by atoms with Gasteiger partial charge in [-0.05, 0) is 37.1 Å². The lowest BCUT2D eigenvalue weighted by molar-refractivity contribution is 0.139. The number of amides is 1. The maximum Gasteiger partial charge on any atom is 0.407 e. The fourth-order valence-electron chi connectivity index (χ4n) is 2.99. The Kier molecular flexibility index (Phi) is 7.88. The summed E-state index contributed by atoms with van der Waals surface area (Å²) in [6.45, 7) is 2.68. The summed E-state index contributed by atoms with van der Waals surface area (Å²) in [5.74, 6) is 0.972. The van der Waals surface area contributed by atoms with Crippen molar-refractivity contribution in [3.8, 4) is 0 Å². The van der Waals surface area contributed by atoms with Gasteiger partial charge in [0, 0.05) is 6.54 Å². The van der Waals surface area contributed by atoms with Gasteiger partial charge in [-0.1, -0.05) is 55.3 Å². The van der Waals surface area contributed by atoms with Gasteiger partial charge in [0.1, 0.15) is 12.4 Å². The third-order valence-electron chi connectivity index (χ3n) is 4.49. The average Bonchev–Trinajstić information content (AvgIpc) is 3.14. The Morgan fingerprint density at radius 2 is 1.68 bits per heavy atom. The highest BCUT2D eigenvalue weighted by Gasteiger charge is 2.02. The molecular weight excluding hydrogens is 352 g/mol. The van der Waals surface area contributed by atoms with Crippen molar-refractivity contribution in [3.05, 3.63) is 66.0 Å². The number of benzene rings is 2. The molecule has 0 saturated heterocycles. The van der Waals surface area contributed by atoms with Gasteiger partial charge in [0.25, 0.3) is 0 Å². The summed E-state index contributed by atoms with van der Waals surface area (Å²) < 4.78 is 5.18. The highest BCUT2D eigenvalue weighted by Crippen LogP contribution is 2.10. The minimum atomic E-state index is -0.351. The molecule has 0 bridgehead atoms. The quantitative estimate of drug-likeness (QED) is 0.437. The number of carbonyl (C=O) groups is 1. The third-order valence-corrected chi connectivity index (χ3v) is 4.49. The van der Waals surface area contributed by atoms with Gasteiger partial charge in [-0.3, -0.25) is 0 Å². The molecule has 2 aromatic carbocycles. The predicted molar refractivity (Wildman–Crippen MR) is 111 cm³/mol. The predicted octanol–water partition coefficient (Wildman–Crippen LogP) is 4.14. The van der Waals surface area contributed by atoms with Gasteiger partial charge >= 0.3 is 6.09 Å². The zero-order valence-corrected chi connectivity index (χ0v) is 16.1. The van der Waals surface area contributed by atoms with Crippen molar-refractivity contribution in [1.82, 2.24) is 20.6 Å². The van der Waals surface area contributed by atoms with E-state index in [2.05, 4.69) is 20.6 Å². The van der Waals surface area contributed by atoms with Crippen LogP contribution >= 0.6 is 0 Å². The molecule has 0 aliphatic rings. The molecule has 1 amide bonds. The van der Waals surface area contributed by atoms with Crippen molar-refractivity contribution >= 4 is 17.1 Å². The Hall–Kier alpha value is -2.86. The molecule has 0 unspecified atom stereocenters. The molecule has 0 aliphatic carbocycles. The van der Waals surface area contributed by atoms with Crippen LogP contribution in [0.3, 0.4) is 0 Å². The standard InChI is InChI=1S/C22H28N4O2/c27-22(28-17-18-10-4-3-5-11-18)24-15-9-2-1-8-14-23-16-21-25-19-12-6-7-13-20(19)26-21/h3-7,10-13,23H,1-2,8-9,14-17H2,(H,24,27)(H,25,26). The van der Waals surface area contributed by atoms with Crippen LogP contribution in [0.25, 0.3) is 11.0 Å². The number of carbonyl (C=O) groups excluding carboxylic acids is 1. The molecule has 0 atom stereocenters. The van der Waals surface area contributed by atoms with E-state index in [0.29, 0.717) is 13.2 Å². The monoisotopic (exact) mass is 380 g/mol. The van der Waals surface area contributed by atoms with Crippen molar-refractivity contribution in [3.63, 3.8) is 0 Å². The Balaban J connectivity index is 1.16. The first-order valence-electron chi connectivity index (χ1n) is 9.90. The highest BCUT2D eigenvalue weighted by molar-refractivity contribution is 5.74. The van der Waals surface area contributed by atoms with Crippen LogP contribution in [0, 0.1) is 0 Å². The molecule has 0 fully saturated rings. The largest absolute Gasteiger partial charge is 0.445 e. The van der Waals surface area contributed by atoms with Crippen molar-refractivity contribution in [2.75, 3.05) is 13.1 Å². The van der Waals surface area contributed by atoms with Crippen LogP contribution in [0.15, 0.2) is 54.6 Å². The molecule has 0 aliphatic heterocycles. The van der Waals surface area contributed by atoms with Gasteiger partial charge in [-0.2, -0.15) is 0 Å². The van der Waals surface area contributed by atoms with E-state index in [1.807, 2.05) is 54.6 Å². The number of aromatic amines is 1. The average molecular weight is 380 g/mol. The van der Waals surface area contributed by atoms with Crippen LogP contribution in [0.1, 0.15) is 37.1 Å². The van der Waals surface area contributed by atoms with Crippen LogP contribution in [0.4, 0.5) is 4.79 Å². The van der Waals surface area contributed by atoms with Crippen molar-refractivity contribution in [2.45, 2.75) is 38.8 Å². The number of ether oxygens (including phenoxy) is 1. The molecule has 0 saturated carbocycles. The Morgan fingerprint density at radius 1 is 0.929 bits per heavy atom. The summed E-state index contributed by atoms with van der Waals surface area (Å²) >= 11 is 0. The third kappa shape index (κ3) is 6.70. The summed E-state index contributed by atoms with van der Waals surface area (Å²) in [5.41, 5.74) is 3.08. The minimum Gasteiger partial charge on any atom is -0.445 e. The topological polar surface area (TPSA) is 79.0 Å². The van der Waals surface area contributed by atoms with E-state index >= 15 is 0 Å². The summed E-state index contributed by atoms with van der Waals surface area (Å²) in [4.78, 5) is 19.5. The Morgan fingerprint density at radius 3 is 2.50 bits per heavy atom. The van der Waals surface area contributed by atoms with Gasteiger partial charge in [0.2, 0.25) is 0 Å². The van der Waals surface area contributed by atoms with E-state index in [1.165, 1.54) is 0 Å². The fourth-order valence-corrected chi connectivity index (χ4v) is 2.99. The first-order valence-corrected chi connectivity index (χ1v) is 9.90. The first kappa shape index (κ1) is 19.9. The van der Waals surface area contributed by atoms with E-state index in [4.69, 9.17) is 4.74 Å². The van der Waals surface area contributed by atoms with Gasteiger partial charge in [0.05, 0.1) is 17.6 Å². The summed E-state index contributed by atoms with van der Waals surface area (Å²) in [6, 6.07) is 17.7. The number of alkyl carbamates (subject to hydrolysis) is 1.